The molecule has 0 atom stereocenters. The molecule has 0 aliphatic carbocycles. The van der Waals surface area contributed by atoms with Crippen molar-refractivity contribution < 1.29 is 0 Å². The van der Waals surface area contributed by atoms with E-state index < -0.39 is 0 Å². The molecule has 0 saturated carbocycles. The Labute approximate surface area is 96.1 Å². The summed E-state index contributed by atoms with van der Waals surface area (Å²) in [6.07, 6.45) is 0. The summed E-state index contributed by atoms with van der Waals surface area (Å²) in [5.41, 5.74) is 1.48. The minimum Gasteiger partial charge on any atom is -0.368 e. The molecule has 0 aromatic heterocycles. The Morgan fingerprint density at radius 2 is 2.13 bits per heavy atom. The molecule has 1 aromatic rings. The summed E-state index contributed by atoms with van der Waals surface area (Å²) in [5, 5.41) is 9.59. The Kier molecular flexibility index (Phi) is 3.99. The number of hydrogen-bond donors (Lipinski definition) is 0. The lowest BCUT2D eigenvalue weighted by atomic mass is 10.1. The minimum atomic E-state index is 0.362. The summed E-state index contributed by atoms with van der Waals surface area (Å²) in [7, 11) is 0. The highest BCUT2D eigenvalue weighted by Crippen LogP contribution is 2.27. The Balaban J connectivity index is 3.24. The van der Waals surface area contributed by atoms with Gasteiger partial charge in [0.25, 0.3) is 0 Å². The van der Waals surface area contributed by atoms with Gasteiger partial charge in [0, 0.05) is 12.6 Å². The average Bonchev–Trinajstić information content (AvgIpc) is 2.18. The third-order valence-corrected chi connectivity index (χ3v) is 2.69. The smallest absolute Gasteiger partial charge is 0.103 e. The predicted octanol–water partition coefficient (Wildman–Crippen LogP) is 3.45. The van der Waals surface area contributed by atoms with Crippen molar-refractivity contribution in [2.45, 2.75) is 26.8 Å². The molecule has 15 heavy (non-hydrogen) atoms. The molecule has 80 valence electrons. The summed E-state index contributed by atoms with van der Waals surface area (Å²) in [6.45, 7) is 7.14. The van der Waals surface area contributed by atoms with E-state index in [1.54, 1.807) is 6.07 Å². The van der Waals surface area contributed by atoms with Crippen LogP contribution in [0.1, 0.15) is 26.3 Å². The van der Waals surface area contributed by atoms with Gasteiger partial charge in [0.2, 0.25) is 0 Å². The van der Waals surface area contributed by atoms with Crippen molar-refractivity contribution in [1.82, 2.24) is 0 Å². The van der Waals surface area contributed by atoms with Crippen molar-refractivity contribution in [2.24, 2.45) is 0 Å². The molecule has 0 saturated heterocycles. The Hall–Kier alpha value is -1.20. The topological polar surface area (TPSA) is 27.0 Å². The largest absolute Gasteiger partial charge is 0.368 e. The molecule has 0 N–H and O–H groups in total. The Bertz CT molecular complexity index is 380. The molecule has 1 rings (SSSR count). The molecule has 0 unspecified atom stereocenters. The number of anilines is 1. The predicted molar refractivity (Wildman–Crippen MR) is 64.3 cm³/mol. The van der Waals surface area contributed by atoms with Crippen molar-refractivity contribution in [2.75, 3.05) is 11.4 Å². The SMILES string of the molecule is CCN(c1cccc(Cl)c1C#N)C(C)C. The van der Waals surface area contributed by atoms with E-state index in [1.165, 1.54) is 0 Å². The zero-order valence-corrected chi connectivity index (χ0v) is 10.0. The second-order valence-electron chi connectivity index (χ2n) is 3.63. The van der Waals surface area contributed by atoms with Crippen LogP contribution in [0.25, 0.3) is 0 Å². The molecule has 0 heterocycles. The van der Waals surface area contributed by atoms with E-state index in [0.29, 0.717) is 16.6 Å². The lowest BCUT2D eigenvalue weighted by Crippen LogP contribution is -2.30. The Morgan fingerprint density at radius 3 is 2.60 bits per heavy atom. The molecule has 2 nitrogen and oxygen atoms in total. The maximum Gasteiger partial charge on any atom is 0.103 e. The van der Waals surface area contributed by atoms with Gasteiger partial charge in [-0.05, 0) is 32.9 Å². The van der Waals surface area contributed by atoms with E-state index >= 15 is 0 Å². The molecule has 0 aliphatic rings. The van der Waals surface area contributed by atoms with Crippen molar-refractivity contribution >= 4 is 17.3 Å². The van der Waals surface area contributed by atoms with Gasteiger partial charge in [-0.1, -0.05) is 17.7 Å². The second-order valence-corrected chi connectivity index (χ2v) is 4.03. The van der Waals surface area contributed by atoms with Gasteiger partial charge in [-0.15, -0.1) is 0 Å². The molecule has 0 aliphatic heterocycles. The van der Waals surface area contributed by atoms with E-state index in [9.17, 15) is 0 Å². The molecule has 0 spiro atoms. The molecular weight excluding hydrogens is 208 g/mol. The van der Waals surface area contributed by atoms with Crippen LogP contribution in [-0.2, 0) is 0 Å². The van der Waals surface area contributed by atoms with Crippen molar-refractivity contribution in [3.63, 3.8) is 0 Å². The van der Waals surface area contributed by atoms with Gasteiger partial charge in [0.05, 0.1) is 16.3 Å². The fourth-order valence-electron chi connectivity index (χ4n) is 1.68. The zero-order chi connectivity index (χ0) is 11.4. The van der Waals surface area contributed by atoms with Crippen LogP contribution < -0.4 is 4.90 Å². The standard InChI is InChI=1S/C12H15ClN2/c1-4-15(9(2)3)12-7-5-6-11(13)10(12)8-14/h5-7,9H,4H2,1-3H3. The first-order chi connectivity index (χ1) is 7.11. The fraction of sp³-hybridized carbons (Fsp3) is 0.417. The first-order valence-electron chi connectivity index (χ1n) is 5.07. The van der Waals surface area contributed by atoms with E-state index in [1.807, 2.05) is 12.1 Å². The van der Waals surface area contributed by atoms with Crippen LogP contribution in [0.2, 0.25) is 5.02 Å². The van der Waals surface area contributed by atoms with Crippen LogP contribution in [0.3, 0.4) is 0 Å². The molecule has 0 amide bonds. The summed E-state index contributed by atoms with van der Waals surface area (Å²) in [6, 6.07) is 8.09. The van der Waals surface area contributed by atoms with Crippen LogP contribution in [0.15, 0.2) is 18.2 Å². The molecule has 0 fully saturated rings. The summed E-state index contributed by atoms with van der Waals surface area (Å²) < 4.78 is 0. The average molecular weight is 223 g/mol. The van der Waals surface area contributed by atoms with Gasteiger partial charge in [0.1, 0.15) is 6.07 Å². The molecule has 1 aromatic carbocycles. The maximum atomic E-state index is 9.06. The van der Waals surface area contributed by atoms with Crippen molar-refractivity contribution in [3.05, 3.63) is 28.8 Å². The van der Waals surface area contributed by atoms with Crippen LogP contribution >= 0.6 is 11.6 Å². The third-order valence-electron chi connectivity index (χ3n) is 2.38. The number of rotatable bonds is 3. The minimum absolute atomic E-state index is 0.362. The monoisotopic (exact) mass is 222 g/mol. The number of nitriles is 1. The summed E-state index contributed by atoms with van der Waals surface area (Å²) in [4.78, 5) is 2.16. The van der Waals surface area contributed by atoms with Gasteiger partial charge in [0.15, 0.2) is 0 Å². The van der Waals surface area contributed by atoms with Crippen LogP contribution in [-0.4, -0.2) is 12.6 Å². The summed E-state index contributed by atoms with van der Waals surface area (Å²) in [5.74, 6) is 0. The summed E-state index contributed by atoms with van der Waals surface area (Å²) >= 11 is 5.99. The first-order valence-corrected chi connectivity index (χ1v) is 5.44. The van der Waals surface area contributed by atoms with E-state index in [2.05, 4.69) is 31.7 Å². The molecule has 0 bridgehead atoms. The van der Waals surface area contributed by atoms with Gasteiger partial charge >= 0.3 is 0 Å². The van der Waals surface area contributed by atoms with Crippen LogP contribution in [0.5, 0.6) is 0 Å². The van der Waals surface area contributed by atoms with Gasteiger partial charge in [-0.2, -0.15) is 5.26 Å². The fourth-order valence-corrected chi connectivity index (χ4v) is 1.89. The first kappa shape index (κ1) is 11.9. The number of hydrogen-bond acceptors (Lipinski definition) is 2. The maximum absolute atomic E-state index is 9.06. The highest BCUT2D eigenvalue weighted by atomic mass is 35.5. The third kappa shape index (κ3) is 2.43. The Morgan fingerprint density at radius 1 is 1.47 bits per heavy atom. The van der Waals surface area contributed by atoms with Crippen molar-refractivity contribution in [1.29, 1.82) is 5.26 Å². The van der Waals surface area contributed by atoms with E-state index in [0.717, 1.165) is 12.2 Å². The number of benzene rings is 1. The van der Waals surface area contributed by atoms with E-state index in [-0.39, 0.29) is 0 Å². The normalized spacial score (nSPS) is 10.1. The van der Waals surface area contributed by atoms with Gasteiger partial charge in [-0.3, -0.25) is 0 Å². The quantitative estimate of drug-likeness (QED) is 0.784. The highest BCUT2D eigenvalue weighted by Gasteiger charge is 2.14. The van der Waals surface area contributed by atoms with Crippen LogP contribution in [0.4, 0.5) is 5.69 Å². The molecule has 0 radical (unpaired) electrons. The highest BCUT2D eigenvalue weighted by molar-refractivity contribution is 6.32. The molecular formula is C12H15ClN2. The number of halogens is 1. The van der Waals surface area contributed by atoms with E-state index in [4.69, 9.17) is 16.9 Å². The molecule has 3 heteroatoms. The number of nitrogens with zero attached hydrogens (tertiary/aromatic N) is 2. The van der Waals surface area contributed by atoms with Crippen LogP contribution in [0, 0.1) is 11.3 Å². The van der Waals surface area contributed by atoms with Crippen molar-refractivity contribution in [3.8, 4) is 6.07 Å². The second kappa shape index (κ2) is 5.04. The lowest BCUT2D eigenvalue weighted by molar-refractivity contribution is 0.703. The van der Waals surface area contributed by atoms with Gasteiger partial charge < -0.3 is 4.90 Å². The lowest BCUT2D eigenvalue weighted by Gasteiger charge is -2.28. The van der Waals surface area contributed by atoms with Gasteiger partial charge in [-0.25, -0.2) is 0 Å². The zero-order valence-electron chi connectivity index (χ0n) is 9.29.